The Balaban J connectivity index is 1.73. The number of unbranched alkanes of at least 4 members (excludes halogenated alkanes) is 1. The minimum atomic E-state index is -3.69. The summed E-state index contributed by atoms with van der Waals surface area (Å²) >= 11 is 0. The molecule has 0 radical (unpaired) electrons. The van der Waals surface area contributed by atoms with Gasteiger partial charge in [0.1, 0.15) is 0 Å². The van der Waals surface area contributed by atoms with E-state index in [0.29, 0.717) is 17.8 Å². The Hall–Kier alpha value is -2.71. The summed E-state index contributed by atoms with van der Waals surface area (Å²) in [5, 5.41) is 5.83. The van der Waals surface area contributed by atoms with Crippen LogP contribution in [0, 0.1) is 0 Å². The molecule has 3 N–H and O–H groups in total. The molecule has 3 rings (SSSR count). The fraction of sp³-hybridized carbons (Fsp3) is 0.417. The first kappa shape index (κ1) is 23.9. The number of nitrogens with one attached hydrogen (secondary N) is 3. The second-order valence-electron chi connectivity index (χ2n) is 8.09. The summed E-state index contributed by atoms with van der Waals surface area (Å²) in [5.74, 6) is -0.697. The molecule has 8 heteroatoms. The molecule has 32 heavy (non-hydrogen) atoms. The number of para-hydroxylation sites is 1. The molecule has 2 amide bonds. The minimum absolute atomic E-state index is 0.0320. The van der Waals surface area contributed by atoms with E-state index in [-0.39, 0.29) is 22.4 Å². The van der Waals surface area contributed by atoms with Crippen molar-refractivity contribution in [1.82, 2.24) is 10.0 Å². The lowest BCUT2D eigenvalue weighted by Crippen LogP contribution is -2.36. The second-order valence-corrected chi connectivity index (χ2v) is 9.85. The van der Waals surface area contributed by atoms with Crippen molar-refractivity contribution in [3.8, 4) is 0 Å². The highest BCUT2D eigenvalue weighted by Gasteiger charge is 2.20. The van der Waals surface area contributed by atoms with Crippen molar-refractivity contribution in [2.45, 2.75) is 62.8 Å². The van der Waals surface area contributed by atoms with Crippen molar-refractivity contribution in [2.24, 2.45) is 0 Å². The molecular weight excluding hydrogens is 426 g/mol. The molecule has 0 spiro atoms. The highest BCUT2D eigenvalue weighted by atomic mass is 32.2. The molecule has 1 saturated carbocycles. The van der Waals surface area contributed by atoms with Crippen molar-refractivity contribution < 1.29 is 18.0 Å². The van der Waals surface area contributed by atoms with E-state index in [9.17, 15) is 18.0 Å². The first-order valence-corrected chi connectivity index (χ1v) is 12.7. The van der Waals surface area contributed by atoms with E-state index in [1.165, 1.54) is 24.6 Å². The quantitative estimate of drug-likeness (QED) is 0.494. The van der Waals surface area contributed by atoms with Crippen LogP contribution < -0.4 is 15.4 Å². The first-order valence-electron chi connectivity index (χ1n) is 11.2. The van der Waals surface area contributed by atoms with E-state index in [0.717, 1.165) is 38.5 Å². The molecule has 7 nitrogen and oxygen atoms in total. The Labute approximate surface area is 190 Å². The molecule has 0 unspecified atom stereocenters. The standard InChI is InChI=1S/C24H31N3O4S/c1-2-3-16-25-32(30,31)20-13-9-10-18(17-20)23(28)27-22-15-8-7-14-21(22)24(29)26-19-11-5-4-6-12-19/h7-10,13-15,17,19,25H,2-6,11-12,16H2,1H3,(H,26,29)(H,27,28). The van der Waals surface area contributed by atoms with Crippen LogP contribution >= 0.6 is 0 Å². The number of amides is 2. The summed E-state index contributed by atoms with van der Waals surface area (Å²) in [7, 11) is -3.69. The van der Waals surface area contributed by atoms with Crippen LogP contribution in [-0.2, 0) is 10.0 Å². The average Bonchev–Trinajstić information content (AvgIpc) is 2.80. The lowest BCUT2D eigenvalue weighted by molar-refractivity contribution is 0.0928. The number of hydrogen-bond acceptors (Lipinski definition) is 4. The summed E-state index contributed by atoms with van der Waals surface area (Å²) in [5.41, 5.74) is 0.974. The van der Waals surface area contributed by atoms with Gasteiger partial charge in [0.05, 0.1) is 16.1 Å². The highest BCUT2D eigenvalue weighted by molar-refractivity contribution is 7.89. The average molecular weight is 458 g/mol. The third kappa shape index (κ3) is 6.40. The van der Waals surface area contributed by atoms with E-state index in [4.69, 9.17) is 0 Å². The van der Waals surface area contributed by atoms with Gasteiger partial charge in [-0.2, -0.15) is 0 Å². The number of carbonyl (C=O) groups excluding carboxylic acids is 2. The second kappa shape index (κ2) is 11.2. The molecule has 2 aromatic rings. The van der Waals surface area contributed by atoms with Gasteiger partial charge in [-0.25, -0.2) is 13.1 Å². The molecule has 0 bridgehead atoms. The zero-order chi connectivity index (χ0) is 23.0. The molecule has 1 fully saturated rings. The lowest BCUT2D eigenvalue weighted by Gasteiger charge is -2.23. The number of benzene rings is 2. The predicted molar refractivity (Wildman–Crippen MR) is 125 cm³/mol. The Morgan fingerprint density at radius 3 is 2.47 bits per heavy atom. The first-order chi connectivity index (χ1) is 15.4. The molecule has 0 saturated heterocycles. The van der Waals surface area contributed by atoms with Crippen LogP contribution in [0.4, 0.5) is 5.69 Å². The SMILES string of the molecule is CCCCNS(=O)(=O)c1cccc(C(=O)Nc2ccccc2C(=O)NC2CCCCC2)c1. The number of rotatable bonds is 9. The summed E-state index contributed by atoms with van der Waals surface area (Å²) < 4.78 is 27.5. The van der Waals surface area contributed by atoms with Crippen LogP contribution in [0.25, 0.3) is 0 Å². The Morgan fingerprint density at radius 2 is 1.72 bits per heavy atom. The molecule has 172 valence electrons. The molecule has 2 aromatic carbocycles. The summed E-state index contributed by atoms with van der Waals surface area (Å²) in [6, 6.07) is 12.9. The highest BCUT2D eigenvalue weighted by Crippen LogP contribution is 2.21. The fourth-order valence-electron chi connectivity index (χ4n) is 3.77. The monoisotopic (exact) mass is 457 g/mol. The van der Waals surface area contributed by atoms with E-state index >= 15 is 0 Å². The van der Waals surface area contributed by atoms with Gasteiger partial charge in [0.15, 0.2) is 0 Å². The van der Waals surface area contributed by atoms with Gasteiger partial charge >= 0.3 is 0 Å². The molecule has 0 aromatic heterocycles. The van der Waals surface area contributed by atoms with Crippen LogP contribution in [0.5, 0.6) is 0 Å². The van der Waals surface area contributed by atoms with Crippen LogP contribution in [0.1, 0.15) is 72.6 Å². The maximum atomic E-state index is 12.9. The van der Waals surface area contributed by atoms with E-state index in [1.54, 1.807) is 30.3 Å². The topological polar surface area (TPSA) is 104 Å². The number of anilines is 1. The van der Waals surface area contributed by atoms with Crippen molar-refractivity contribution in [3.63, 3.8) is 0 Å². The molecular formula is C24H31N3O4S. The van der Waals surface area contributed by atoms with Crippen LogP contribution in [-0.4, -0.2) is 32.8 Å². The van der Waals surface area contributed by atoms with Gasteiger partial charge in [-0.05, 0) is 49.6 Å². The minimum Gasteiger partial charge on any atom is -0.349 e. The van der Waals surface area contributed by atoms with Crippen molar-refractivity contribution in [3.05, 3.63) is 59.7 Å². The van der Waals surface area contributed by atoms with Gasteiger partial charge < -0.3 is 10.6 Å². The maximum Gasteiger partial charge on any atom is 0.255 e. The van der Waals surface area contributed by atoms with Crippen molar-refractivity contribution in [1.29, 1.82) is 0 Å². The van der Waals surface area contributed by atoms with Crippen molar-refractivity contribution >= 4 is 27.5 Å². The lowest BCUT2D eigenvalue weighted by atomic mass is 9.95. The molecule has 0 atom stereocenters. The van der Waals surface area contributed by atoms with Crippen LogP contribution in [0.2, 0.25) is 0 Å². The van der Waals surface area contributed by atoms with E-state index in [2.05, 4.69) is 15.4 Å². The van der Waals surface area contributed by atoms with Crippen LogP contribution in [0.3, 0.4) is 0 Å². The normalized spacial score (nSPS) is 14.7. The summed E-state index contributed by atoms with van der Waals surface area (Å²) in [4.78, 5) is 25.7. The Morgan fingerprint density at radius 1 is 0.969 bits per heavy atom. The molecule has 0 heterocycles. The van der Waals surface area contributed by atoms with Gasteiger partial charge in [0.25, 0.3) is 11.8 Å². The molecule has 0 aliphatic heterocycles. The third-order valence-corrected chi connectivity index (χ3v) is 7.05. The zero-order valence-corrected chi connectivity index (χ0v) is 19.2. The number of sulfonamides is 1. The number of hydrogen-bond donors (Lipinski definition) is 3. The van der Waals surface area contributed by atoms with E-state index in [1.807, 2.05) is 6.92 Å². The van der Waals surface area contributed by atoms with Crippen LogP contribution in [0.15, 0.2) is 53.4 Å². The van der Waals surface area contributed by atoms with E-state index < -0.39 is 15.9 Å². The largest absolute Gasteiger partial charge is 0.349 e. The Bertz CT molecular complexity index is 1050. The molecule has 1 aliphatic carbocycles. The van der Waals surface area contributed by atoms with Crippen molar-refractivity contribution in [2.75, 3.05) is 11.9 Å². The predicted octanol–water partition coefficient (Wildman–Crippen LogP) is 4.08. The molecule has 1 aliphatic rings. The summed E-state index contributed by atoms with van der Waals surface area (Å²) in [6.07, 6.45) is 6.95. The third-order valence-electron chi connectivity index (χ3n) is 5.59. The fourth-order valence-corrected chi connectivity index (χ4v) is 4.89. The number of carbonyl (C=O) groups is 2. The summed E-state index contributed by atoms with van der Waals surface area (Å²) in [6.45, 7) is 2.32. The Kier molecular flexibility index (Phi) is 8.41. The maximum absolute atomic E-state index is 12.9. The van der Waals surface area contributed by atoms with Gasteiger partial charge in [0, 0.05) is 18.2 Å². The van der Waals surface area contributed by atoms with Gasteiger partial charge in [-0.3, -0.25) is 9.59 Å². The smallest absolute Gasteiger partial charge is 0.255 e. The van der Waals surface area contributed by atoms with Gasteiger partial charge in [-0.1, -0.05) is 50.8 Å². The van der Waals surface area contributed by atoms with Gasteiger partial charge in [-0.15, -0.1) is 0 Å². The zero-order valence-electron chi connectivity index (χ0n) is 18.4. The van der Waals surface area contributed by atoms with Gasteiger partial charge in [0.2, 0.25) is 10.0 Å².